The van der Waals surface area contributed by atoms with Gasteiger partial charge in [0.05, 0.1) is 22.6 Å². The van der Waals surface area contributed by atoms with Gasteiger partial charge in [-0.15, -0.1) is 0 Å². The Kier molecular flexibility index (Phi) is 5.38. The number of aromatic nitrogens is 1. The minimum Gasteiger partial charge on any atom is -0.491 e. The van der Waals surface area contributed by atoms with Crippen LogP contribution in [0.5, 0.6) is 5.75 Å². The molecule has 5 nitrogen and oxygen atoms in total. The molecule has 5 heteroatoms. The predicted molar refractivity (Wildman–Crippen MR) is 134 cm³/mol. The van der Waals surface area contributed by atoms with Gasteiger partial charge in [0.1, 0.15) is 5.75 Å². The summed E-state index contributed by atoms with van der Waals surface area (Å²) in [6.07, 6.45) is 0.0498. The van der Waals surface area contributed by atoms with E-state index in [9.17, 15) is 4.79 Å². The molecule has 1 N–H and O–H groups in total. The van der Waals surface area contributed by atoms with Crippen molar-refractivity contribution in [3.05, 3.63) is 94.8 Å². The summed E-state index contributed by atoms with van der Waals surface area (Å²) in [6, 6.07) is 25.8. The van der Waals surface area contributed by atoms with Crippen molar-refractivity contribution in [3.63, 3.8) is 0 Å². The number of nitrogens with one attached hydrogen (secondary N) is 1. The maximum Gasteiger partial charge on any atom is 0.262 e. The molecule has 0 bridgehead atoms. The highest BCUT2D eigenvalue weighted by molar-refractivity contribution is 6.10. The first-order valence-electron chi connectivity index (χ1n) is 11.1. The average Bonchev–Trinajstić information content (AvgIpc) is 3.21. The number of fused-ring (bicyclic) bond motifs is 3. The summed E-state index contributed by atoms with van der Waals surface area (Å²) in [7, 11) is 1.80. The van der Waals surface area contributed by atoms with Gasteiger partial charge >= 0.3 is 0 Å². The Morgan fingerprint density at radius 3 is 2.52 bits per heavy atom. The van der Waals surface area contributed by atoms with E-state index in [-0.39, 0.29) is 11.7 Å². The molecule has 2 aromatic heterocycles. The van der Waals surface area contributed by atoms with Gasteiger partial charge in [0.2, 0.25) is 5.88 Å². The first-order chi connectivity index (χ1) is 16.0. The molecule has 0 saturated carbocycles. The lowest BCUT2D eigenvalue weighted by atomic mass is 10.0. The van der Waals surface area contributed by atoms with E-state index in [2.05, 4.69) is 17.4 Å². The fourth-order valence-electron chi connectivity index (χ4n) is 4.24. The van der Waals surface area contributed by atoms with Crippen LogP contribution in [0.2, 0.25) is 0 Å². The molecule has 0 spiro atoms. The zero-order valence-corrected chi connectivity index (χ0v) is 19.0. The second-order valence-electron chi connectivity index (χ2n) is 8.43. The van der Waals surface area contributed by atoms with E-state index >= 15 is 0 Å². The van der Waals surface area contributed by atoms with Gasteiger partial charge in [0, 0.05) is 19.0 Å². The summed E-state index contributed by atoms with van der Waals surface area (Å²) in [6.45, 7) is 4.57. The van der Waals surface area contributed by atoms with E-state index in [1.807, 2.05) is 80.6 Å². The van der Waals surface area contributed by atoms with Crippen LogP contribution in [0.1, 0.15) is 19.4 Å². The number of aryl methyl sites for hydroxylation is 1. The lowest BCUT2D eigenvalue weighted by molar-refractivity contribution is 0.242. The number of hydrogen-bond acceptors (Lipinski definition) is 4. The molecule has 0 fully saturated rings. The Labute approximate surface area is 192 Å². The van der Waals surface area contributed by atoms with Gasteiger partial charge in [-0.1, -0.05) is 54.6 Å². The highest BCUT2D eigenvalue weighted by Gasteiger charge is 2.23. The van der Waals surface area contributed by atoms with Crippen molar-refractivity contribution >= 4 is 27.8 Å². The number of anilines is 1. The number of hydrogen-bond donors (Lipinski definition) is 1. The monoisotopic (exact) mass is 438 g/mol. The highest BCUT2D eigenvalue weighted by Crippen LogP contribution is 2.40. The molecular formula is C28H26N2O3. The van der Waals surface area contributed by atoms with Crippen LogP contribution < -0.4 is 15.6 Å². The topological polar surface area (TPSA) is 56.4 Å². The summed E-state index contributed by atoms with van der Waals surface area (Å²) in [4.78, 5) is 13.5. The SMILES string of the molecule is CC(C)Oc1cccc(-c2c(NCc3ccccc3)oc3c2c(=O)n(C)c2ccccc32)c1. The lowest BCUT2D eigenvalue weighted by Crippen LogP contribution is -2.17. The molecule has 5 aromatic rings. The van der Waals surface area contributed by atoms with Crippen molar-refractivity contribution in [1.82, 2.24) is 4.57 Å². The fourth-order valence-corrected chi connectivity index (χ4v) is 4.24. The first kappa shape index (κ1) is 20.9. The Morgan fingerprint density at radius 1 is 0.970 bits per heavy atom. The normalized spacial score (nSPS) is 11.4. The maximum absolute atomic E-state index is 13.5. The molecule has 0 saturated heterocycles. The minimum atomic E-state index is -0.0922. The summed E-state index contributed by atoms with van der Waals surface area (Å²) >= 11 is 0. The van der Waals surface area contributed by atoms with Crippen LogP contribution >= 0.6 is 0 Å². The fraction of sp³-hybridized carbons (Fsp3) is 0.179. The molecule has 0 amide bonds. The molecule has 3 aromatic carbocycles. The standard InChI is InChI=1S/C28H26N2O3/c1-18(2)32-21-13-9-12-20(16-21)24-25-26(22-14-7-8-15-23(22)30(3)28(25)31)33-27(24)29-17-19-10-5-4-6-11-19/h4-16,18,29H,17H2,1-3H3. The summed E-state index contributed by atoms with van der Waals surface area (Å²) in [5.41, 5.74) is 4.08. The van der Waals surface area contributed by atoms with Gasteiger partial charge in [-0.3, -0.25) is 4.79 Å². The van der Waals surface area contributed by atoms with E-state index in [1.165, 1.54) is 0 Å². The number of ether oxygens (including phenoxy) is 1. The lowest BCUT2D eigenvalue weighted by Gasteiger charge is -2.12. The summed E-state index contributed by atoms with van der Waals surface area (Å²) in [5, 5.41) is 4.90. The Bertz CT molecular complexity index is 1500. The third kappa shape index (κ3) is 3.87. The molecule has 33 heavy (non-hydrogen) atoms. The van der Waals surface area contributed by atoms with Crippen molar-refractivity contribution in [3.8, 4) is 16.9 Å². The van der Waals surface area contributed by atoms with Crippen molar-refractivity contribution in [2.75, 3.05) is 5.32 Å². The largest absolute Gasteiger partial charge is 0.491 e. The van der Waals surface area contributed by atoms with Gasteiger partial charge < -0.3 is 19.0 Å². The predicted octanol–water partition coefficient (Wildman–Crippen LogP) is 6.35. The third-order valence-electron chi connectivity index (χ3n) is 5.73. The molecule has 0 aliphatic rings. The van der Waals surface area contributed by atoms with Crippen molar-refractivity contribution in [1.29, 1.82) is 0 Å². The molecule has 5 rings (SSSR count). The van der Waals surface area contributed by atoms with Gasteiger partial charge in [-0.05, 0) is 49.2 Å². The molecule has 166 valence electrons. The van der Waals surface area contributed by atoms with E-state index in [0.29, 0.717) is 23.4 Å². The zero-order chi connectivity index (χ0) is 22.9. The summed E-state index contributed by atoms with van der Waals surface area (Å²) in [5.74, 6) is 1.33. The van der Waals surface area contributed by atoms with Crippen LogP contribution in [-0.2, 0) is 13.6 Å². The number of furan rings is 1. The van der Waals surface area contributed by atoms with E-state index in [4.69, 9.17) is 9.15 Å². The first-order valence-corrected chi connectivity index (χ1v) is 11.1. The number of rotatable bonds is 6. The van der Waals surface area contributed by atoms with Crippen LogP contribution in [0.25, 0.3) is 33.0 Å². The second-order valence-corrected chi connectivity index (χ2v) is 8.43. The van der Waals surface area contributed by atoms with Crippen LogP contribution in [0.15, 0.2) is 88.1 Å². The van der Waals surface area contributed by atoms with Crippen LogP contribution in [-0.4, -0.2) is 10.7 Å². The number of para-hydroxylation sites is 1. The molecular weight excluding hydrogens is 412 g/mol. The zero-order valence-electron chi connectivity index (χ0n) is 19.0. The molecule has 0 aliphatic carbocycles. The van der Waals surface area contributed by atoms with E-state index in [0.717, 1.165) is 33.3 Å². The Morgan fingerprint density at radius 2 is 1.73 bits per heavy atom. The van der Waals surface area contributed by atoms with Crippen molar-refractivity contribution < 1.29 is 9.15 Å². The van der Waals surface area contributed by atoms with Gasteiger partial charge in [0.15, 0.2) is 5.58 Å². The minimum absolute atomic E-state index is 0.0498. The smallest absolute Gasteiger partial charge is 0.262 e. The third-order valence-corrected chi connectivity index (χ3v) is 5.73. The van der Waals surface area contributed by atoms with Crippen molar-refractivity contribution in [2.24, 2.45) is 7.05 Å². The van der Waals surface area contributed by atoms with Gasteiger partial charge in [0.25, 0.3) is 5.56 Å². The molecule has 0 aliphatic heterocycles. The van der Waals surface area contributed by atoms with E-state index < -0.39 is 0 Å². The van der Waals surface area contributed by atoms with Gasteiger partial charge in [-0.25, -0.2) is 0 Å². The summed E-state index contributed by atoms with van der Waals surface area (Å²) < 4.78 is 14.0. The number of benzene rings is 3. The number of nitrogens with zero attached hydrogens (tertiary/aromatic N) is 1. The Hall–Kier alpha value is -3.99. The second kappa shape index (κ2) is 8.51. The maximum atomic E-state index is 13.5. The molecule has 0 atom stereocenters. The molecule has 2 heterocycles. The quantitative estimate of drug-likeness (QED) is 0.336. The average molecular weight is 439 g/mol. The van der Waals surface area contributed by atoms with Crippen LogP contribution in [0, 0.1) is 0 Å². The van der Waals surface area contributed by atoms with Gasteiger partial charge in [-0.2, -0.15) is 0 Å². The van der Waals surface area contributed by atoms with Crippen LogP contribution in [0.3, 0.4) is 0 Å². The van der Waals surface area contributed by atoms with Crippen molar-refractivity contribution in [2.45, 2.75) is 26.5 Å². The molecule has 0 unspecified atom stereocenters. The molecule has 0 radical (unpaired) electrons. The van der Waals surface area contributed by atoms with E-state index in [1.54, 1.807) is 11.6 Å². The number of pyridine rings is 1. The highest BCUT2D eigenvalue weighted by atomic mass is 16.5. The Balaban J connectivity index is 1.75. The van der Waals surface area contributed by atoms with Crippen LogP contribution in [0.4, 0.5) is 5.88 Å².